The van der Waals surface area contributed by atoms with Gasteiger partial charge in [0.05, 0.1) is 19.1 Å². The van der Waals surface area contributed by atoms with E-state index >= 15 is 0 Å². The molecule has 1 amide bonds. The van der Waals surface area contributed by atoms with E-state index in [4.69, 9.17) is 0 Å². The van der Waals surface area contributed by atoms with Crippen LogP contribution in [-0.2, 0) is 11.3 Å². The SMILES string of the molecule is Cc1ccc([C@H](NC(=O)CN[C@H](C)Cn2cccn2)C2CC2)cc1. The fourth-order valence-corrected chi connectivity index (χ4v) is 2.92. The smallest absolute Gasteiger partial charge is 0.234 e. The van der Waals surface area contributed by atoms with Gasteiger partial charge in [0.1, 0.15) is 0 Å². The molecule has 1 aromatic heterocycles. The Hall–Kier alpha value is -2.14. The summed E-state index contributed by atoms with van der Waals surface area (Å²) in [5.74, 6) is 0.637. The molecule has 0 aliphatic heterocycles. The zero-order valence-corrected chi connectivity index (χ0v) is 14.4. The zero-order valence-electron chi connectivity index (χ0n) is 14.4. The second-order valence-electron chi connectivity index (χ2n) is 6.80. The predicted molar refractivity (Wildman–Crippen MR) is 94.5 cm³/mol. The summed E-state index contributed by atoms with van der Waals surface area (Å²) < 4.78 is 1.87. The number of nitrogens with zero attached hydrogens (tertiary/aromatic N) is 2. The Morgan fingerprint density at radius 1 is 1.33 bits per heavy atom. The lowest BCUT2D eigenvalue weighted by Gasteiger charge is -2.20. The lowest BCUT2D eigenvalue weighted by molar-refractivity contribution is -0.121. The Kier molecular flexibility index (Phi) is 5.30. The van der Waals surface area contributed by atoms with Crippen molar-refractivity contribution in [1.29, 1.82) is 0 Å². The summed E-state index contributed by atoms with van der Waals surface area (Å²) in [4.78, 5) is 12.3. The molecule has 2 aromatic rings. The average molecular weight is 326 g/mol. The van der Waals surface area contributed by atoms with Gasteiger partial charge in [0.25, 0.3) is 0 Å². The Bertz CT molecular complexity index is 647. The molecule has 0 radical (unpaired) electrons. The highest BCUT2D eigenvalue weighted by molar-refractivity contribution is 5.78. The molecule has 1 aliphatic rings. The van der Waals surface area contributed by atoms with Crippen LogP contribution in [0.25, 0.3) is 0 Å². The lowest BCUT2D eigenvalue weighted by Crippen LogP contribution is -2.41. The highest BCUT2D eigenvalue weighted by Crippen LogP contribution is 2.40. The molecular weight excluding hydrogens is 300 g/mol. The van der Waals surface area contributed by atoms with Crippen molar-refractivity contribution < 1.29 is 4.79 Å². The summed E-state index contributed by atoms with van der Waals surface area (Å²) in [5.41, 5.74) is 2.45. The molecule has 0 saturated heterocycles. The molecule has 5 nitrogen and oxygen atoms in total. The number of hydrogen-bond acceptors (Lipinski definition) is 3. The number of hydrogen-bond donors (Lipinski definition) is 2. The minimum Gasteiger partial charge on any atom is -0.348 e. The van der Waals surface area contributed by atoms with Crippen LogP contribution in [0.1, 0.15) is 36.9 Å². The Labute approximate surface area is 143 Å². The monoisotopic (exact) mass is 326 g/mol. The standard InChI is InChI=1S/C19H26N4O/c1-14-4-6-16(7-5-14)19(17-8-9-17)22-18(24)12-20-15(2)13-23-11-3-10-21-23/h3-7,10-11,15,17,19-20H,8-9,12-13H2,1-2H3,(H,22,24)/t15-,19+/m1/s1. The molecule has 2 N–H and O–H groups in total. The van der Waals surface area contributed by atoms with E-state index in [0.717, 1.165) is 6.54 Å². The maximum atomic E-state index is 12.3. The Morgan fingerprint density at radius 2 is 2.08 bits per heavy atom. The van der Waals surface area contributed by atoms with Crippen LogP contribution in [0.3, 0.4) is 0 Å². The zero-order chi connectivity index (χ0) is 16.9. The van der Waals surface area contributed by atoms with Gasteiger partial charge in [-0.2, -0.15) is 5.10 Å². The van der Waals surface area contributed by atoms with Crippen LogP contribution in [0.2, 0.25) is 0 Å². The molecule has 0 bridgehead atoms. The first-order valence-corrected chi connectivity index (χ1v) is 8.68. The van der Waals surface area contributed by atoms with Crippen LogP contribution in [0.5, 0.6) is 0 Å². The number of carbonyl (C=O) groups is 1. The molecule has 0 unspecified atom stereocenters. The van der Waals surface area contributed by atoms with Crippen molar-refractivity contribution in [2.45, 2.75) is 45.3 Å². The number of rotatable bonds is 8. The van der Waals surface area contributed by atoms with E-state index in [0.29, 0.717) is 12.5 Å². The summed E-state index contributed by atoms with van der Waals surface area (Å²) in [5, 5.41) is 10.7. The molecular formula is C19H26N4O. The molecule has 1 saturated carbocycles. The number of amides is 1. The van der Waals surface area contributed by atoms with Crippen molar-refractivity contribution >= 4 is 5.91 Å². The third-order valence-electron chi connectivity index (χ3n) is 4.48. The van der Waals surface area contributed by atoms with Crippen LogP contribution >= 0.6 is 0 Å². The number of aryl methyl sites for hydroxylation is 1. The van der Waals surface area contributed by atoms with Gasteiger partial charge >= 0.3 is 0 Å². The van der Waals surface area contributed by atoms with Crippen molar-refractivity contribution in [3.63, 3.8) is 0 Å². The molecule has 1 heterocycles. The summed E-state index contributed by atoms with van der Waals surface area (Å²) in [6, 6.07) is 10.7. The van der Waals surface area contributed by atoms with Gasteiger partial charge in [0, 0.05) is 18.4 Å². The second-order valence-corrected chi connectivity index (χ2v) is 6.80. The number of aromatic nitrogens is 2. The van der Waals surface area contributed by atoms with Crippen LogP contribution < -0.4 is 10.6 Å². The fourth-order valence-electron chi connectivity index (χ4n) is 2.92. The molecule has 3 rings (SSSR count). The first kappa shape index (κ1) is 16.7. The van der Waals surface area contributed by atoms with E-state index in [1.165, 1.54) is 24.0 Å². The van der Waals surface area contributed by atoms with E-state index in [1.807, 2.05) is 16.9 Å². The highest BCUT2D eigenvalue weighted by atomic mass is 16.2. The highest BCUT2D eigenvalue weighted by Gasteiger charge is 2.33. The summed E-state index contributed by atoms with van der Waals surface area (Å²) in [6.07, 6.45) is 6.09. The van der Waals surface area contributed by atoms with Gasteiger partial charge in [-0.25, -0.2) is 0 Å². The first-order chi connectivity index (χ1) is 11.6. The third kappa shape index (κ3) is 4.68. The fraction of sp³-hybridized carbons (Fsp3) is 0.474. The maximum Gasteiger partial charge on any atom is 0.234 e. The molecule has 2 atom stereocenters. The molecule has 128 valence electrons. The molecule has 1 aliphatic carbocycles. The van der Waals surface area contributed by atoms with E-state index in [1.54, 1.807) is 6.20 Å². The van der Waals surface area contributed by atoms with E-state index in [-0.39, 0.29) is 18.0 Å². The van der Waals surface area contributed by atoms with Crippen molar-refractivity contribution in [3.8, 4) is 0 Å². The van der Waals surface area contributed by atoms with Crippen LogP contribution in [0.4, 0.5) is 0 Å². The van der Waals surface area contributed by atoms with Crippen molar-refractivity contribution in [2.24, 2.45) is 5.92 Å². The average Bonchev–Trinajstić information content (AvgIpc) is 3.29. The van der Waals surface area contributed by atoms with Crippen LogP contribution in [0, 0.1) is 12.8 Å². The topological polar surface area (TPSA) is 59.0 Å². The quantitative estimate of drug-likeness (QED) is 0.783. The Balaban J connectivity index is 1.49. The second kappa shape index (κ2) is 7.62. The van der Waals surface area contributed by atoms with E-state index in [9.17, 15) is 4.79 Å². The van der Waals surface area contributed by atoms with Crippen LogP contribution in [0.15, 0.2) is 42.7 Å². The summed E-state index contributed by atoms with van der Waals surface area (Å²) in [6.45, 7) is 5.23. The van der Waals surface area contributed by atoms with Crippen molar-refractivity contribution in [3.05, 3.63) is 53.9 Å². The summed E-state index contributed by atoms with van der Waals surface area (Å²) >= 11 is 0. The Morgan fingerprint density at radius 3 is 2.71 bits per heavy atom. The minimum absolute atomic E-state index is 0.0554. The normalized spacial score (nSPS) is 16.6. The van der Waals surface area contributed by atoms with Gasteiger partial charge in [-0.1, -0.05) is 29.8 Å². The first-order valence-electron chi connectivity index (χ1n) is 8.68. The van der Waals surface area contributed by atoms with Gasteiger partial charge in [-0.15, -0.1) is 0 Å². The molecule has 1 aromatic carbocycles. The largest absolute Gasteiger partial charge is 0.348 e. The molecule has 0 spiro atoms. The maximum absolute atomic E-state index is 12.3. The van der Waals surface area contributed by atoms with Crippen molar-refractivity contribution in [2.75, 3.05) is 6.54 Å². The van der Waals surface area contributed by atoms with Crippen LogP contribution in [-0.4, -0.2) is 28.3 Å². The van der Waals surface area contributed by atoms with Gasteiger partial charge in [-0.3, -0.25) is 9.48 Å². The lowest BCUT2D eigenvalue weighted by atomic mass is 10.0. The third-order valence-corrected chi connectivity index (χ3v) is 4.48. The number of carbonyl (C=O) groups excluding carboxylic acids is 1. The van der Waals surface area contributed by atoms with Gasteiger partial charge in [0.2, 0.25) is 5.91 Å². The number of nitrogens with one attached hydrogen (secondary N) is 2. The minimum atomic E-state index is 0.0554. The van der Waals surface area contributed by atoms with Gasteiger partial charge in [-0.05, 0) is 44.2 Å². The summed E-state index contributed by atoms with van der Waals surface area (Å²) in [7, 11) is 0. The number of benzene rings is 1. The molecule has 1 fully saturated rings. The van der Waals surface area contributed by atoms with E-state index in [2.05, 4.69) is 53.8 Å². The van der Waals surface area contributed by atoms with E-state index < -0.39 is 0 Å². The van der Waals surface area contributed by atoms with Gasteiger partial charge in [0.15, 0.2) is 0 Å². The predicted octanol–water partition coefficient (Wildman–Crippen LogP) is 2.44. The van der Waals surface area contributed by atoms with Crippen molar-refractivity contribution in [1.82, 2.24) is 20.4 Å². The van der Waals surface area contributed by atoms with Gasteiger partial charge < -0.3 is 10.6 Å². The molecule has 5 heteroatoms. The molecule has 24 heavy (non-hydrogen) atoms.